The van der Waals surface area contributed by atoms with Crippen molar-refractivity contribution in [1.29, 1.82) is 5.26 Å². The lowest BCUT2D eigenvalue weighted by molar-refractivity contribution is -0.385. The van der Waals surface area contributed by atoms with Crippen molar-refractivity contribution in [2.24, 2.45) is 0 Å². The number of Topliss-reactive ketones (excluding diaryl/α,β-unsaturated/α-hetero) is 1. The summed E-state index contributed by atoms with van der Waals surface area (Å²) >= 11 is 0. The number of nitro groups is 1. The van der Waals surface area contributed by atoms with Crippen molar-refractivity contribution in [3.8, 4) is 6.07 Å². The van der Waals surface area contributed by atoms with E-state index in [4.69, 9.17) is 5.26 Å². The zero-order valence-corrected chi connectivity index (χ0v) is 8.26. The first kappa shape index (κ1) is 11.5. The number of carbonyl (C=O) groups excluding carboxylic acids is 2. The van der Waals surface area contributed by atoms with E-state index in [0.717, 1.165) is 6.07 Å². The first-order valence-electron chi connectivity index (χ1n) is 4.20. The SMILES string of the molecule is CC(=O)c1ccc([N+](=O)[O-])c(C=O)c1C#N. The monoisotopic (exact) mass is 218 g/mol. The van der Waals surface area contributed by atoms with Gasteiger partial charge in [-0.3, -0.25) is 19.7 Å². The van der Waals surface area contributed by atoms with Crippen LogP contribution < -0.4 is 0 Å². The highest BCUT2D eigenvalue weighted by atomic mass is 16.6. The summed E-state index contributed by atoms with van der Waals surface area (Å²) in [6.45, 7) is 1.22. The number of nitrogens with zero attached hydrogens (tertiary/aromatic N) is 2. The van der Waals surface area contributed by atoms with Crippen LogP contribution in [0.4, 0.5) is 5.69 Å². The van der Waals surface area contributed by atoms with Gasteiger partial charge in [0.25, 0.3) is 5.69 Å². The molecule has 1 aromatic rings. The first-order valence-corrected chi connectivity index (χ1v) is 4.20. The van der Waals surface area contributed by atoms with Gasteiger partial charge in [-0.25, -0.2) is 0 Å². The average molecular weight is 218 g/mol. The molecule has 0 bridgehead atoms. The maximum Gasteiger partial charge on any atom is 0.281 e. The maximum absolute atomic E-state index is 11.1. The Morgan fingerprint density at radius 3 is 2.56 bits per heavy atom. The van der Waals surface area contributed by atoms with Crippen molar-refractivity contribution >= 4 is 17.8 Å². The number of nitro benzene ring substituents is 1. The maximum atomic E-state index is 11.1. The Morgan fingerprint density at radius 1 is 1.56 bits per heavy atom. The normalized spacial score (nSPS) is 9.25. The third-order valence-corrected chi connectivity index (χ3v) is 2.03. The molecule has 6 heteroatoms. The van der Waals surface area contributed by atoms with Gasteiger partial charge in [0.15, 0.2) is 12.1 Å². The number of nitriles is 1. The quantitative estimate of drug-likeness (QED) is 0.331. The van der Waals surface area contributed by atoms with Gasteiger partial charge in [-0.05, 0) is 13.0 Å². The van der Waals surface area contributed by atoms with Crippen molar-refractivity contribution in [3.05, 3.63) is 38.9 Å². The molecule has 0 aliphatic heterocycles. The third kappa shape index (κ3) is 1.79. The van der Waals surface area contributed by atoms with Crippen molar-refractivity contribution in [2.75, 3.05) is 0 Å². The number of aldehydes is 1. The molecule has 0 aromatic heterocycles. The summed E-state index contributed by atoms with van der Waals surface area (Å²) in [5, 5.41) is 19.4. The summed E-state index contributed by atoms with van der Waals surface area (Å²) in [4.78, 5) is 31.7. The van der Waals surface area contributed by atoms with Gasteiger partial charge in [-0.15, -0.1) is 0 Å². The summed E-state index contributed by atoms with van der Waals surface area (Å²) in [5.41, 5.74) is -1.08. The average Bonchev–Trinajstić information content (AvgIpc) is 2.26. The van der Waals surface area contributed by atoms with Crippen LogP contribution in [0.15, 0.2) is 12.1 Å². The van der Waals surface area contributed by atoms with Gasteiger partial charge >= 0.3 is 0 Å². The molecule has 1 aromatic carbocycles. The highest BCUT2D eigenvalue weighted by molar-refractivity contribution is 6.00. The molecule has 0 amide bonds. The second-order valence-electron chi connectivity index (χ2n) is 2.96. The van der Waals surface area contributed by atoms with Crippen LogP contribution in [0, 0.1) is 21.4 Å². The lowest BCUT2D eigenvalue weighted by atomic mass is 9.98. The van der Waals surface area contributed by atoms with Crippen molar-refractivity contribution in [2.45, 2.75) is 6.92 Å². The molecule has 0 saturated heterocycles. The smallest absolute Gasteiger partial charge is 0.281 e. The van der Waals surface area contributed by atoms with Gasteiger partial charge in [0, 0.05) is 11.6 Å². The minimum absolute atomic E-state index is 0.00944. The number of hydrogen-bond donors (Lipinski definition) is 0. The van der Waals surface area contributed by atoms with Crippen LogP contribution in [0.25, 0.3) is 0 Å². The minimum Gasteiger partial charge on any atom is -0.298 e. The molecule has 0 N–H and O–H groups in total. The molecule has 1 rings (SSSR count). The van der Waals surface area contributed by atoms with Crippen LogP contribution in [0.3, 0.4) is 0 Å². The molecule has 0 unspecified atom stereocenters. The van der Waals surface area contributed by atoms with Crippen LogP contribution in [0.2, 0.25) is 0 Å². The summed E-state index contributed by atoms with van der Waals surface area (Å²) in [7, 11) is 0. The lowest BCUT2D eigenvalue weighted by Crippen LogP contribution is -2.04. The molecule has 6 nitrogen and oxygen atoms in total. The number of rotatable bonds is 3. The number of hydrogen-bond acceptors (Lipinski definition) is 5. The summed E-state index contributed by atoms with van der Waals surface area (Å²) in [6.07, 6.45) is 0.211. The van der Waals surface area contributed by atoms with E-state index in [1.165, 1.54) is 13.0 Å². The topological polar surface area (TPSA) is 101 Å². The van der Waals surface area contributed by atoms with E-state index < -0.39 is 16.4 Å². The van der Waals surface area contributed by atoms with Gasteiger partial charge in [0.1, 0.15) is 11.6 Å². The summed E-state index contributed by atoms with van der Waals surface area (Å²) in [6, 6.07) is 3.85. The van der Waals surface area contributed by atoms with Crippen LogP contribution >= 0.6 is 0 Å². The fourth-order valence-electron chi connectivity index (χ4n) is 1.30. The van der Waals surface area contributed by atoms with Gasteiger partial charge < -0.3 is 0 Å². The lowest BCUT2D eigenvalue weighted by Gasteiger charge is -2.02. The highest BCUT2D eigenvalue weighted by Crippen LogP contribution is 2.23. The van der Waals surface area contributed by atoms with Gasteiger partial charge in [0.2, 0.25) is 0 Å². The molecule has 0 radical (unpaired) electrons. The van der Waals surface area contributed by atoms with Crippen LogP contribution in [-0.2, 0) is 0 Å². The highest BCUT2D eigenvalue weighted by Gasteiger charge is 2.21. The van der Waals surface area contributed by atoms with E-state index in [0.29, 0.717) is 0 Å². The predicted octanol–water partition coefficient (Wildman–Crippen LogP) is 1.48. The molecule has 16 heavy (non-hydrogen) atoms. The zero-order valence-electron chi connectivity index (χ0n) is 8.26. The second kappa shape index (κ2) is 4.31. The molecule has 0 aliphatic carbocycles. The summed E-state index contributed by atoms with van der Waals surface area (Å²) < 4.78 is 0. The first-order chi connectivity index (χ1) is 7.52. The van der Waals surface area contributed by atoms with E-state index in [1.807, 2.05) is 0 Å². The number of ketones is 1. The molecular weight excluding hydrogens is 212 g/mol. The Bertz CT molecular complexity index is 528. The zero-order chi connectivity index (χ0) is 12.3. The van der Waals surface area contributed by atoms with Gasteiger partial charge in [-0.1, -0.05) is 0 Å². The minimum atomic E-state index is -0.769. The Balaban J connectivity index is 3.67. The Labute approximate surface area is 90.3 Å². The van der Waals surface area contributed by atoms with Crippen LogP contribution in [0.1, 0.15) is 33.2 Å². The second-order valence-corrected chi connectivity index (χ2v) is 2.96. The number of carbonyl (C=O) groups is 2. The Kier molecular flexibility index (Phi) is 3.11. The van der Waals surface area contributed by atoms with E-state index in [1.54, 1.807) is 6.07 Å². The van der Waals surface area contributed by atoms with E-state index in [-0.39, 0.29) is 23.0 Å². The fourth-order valence-corrected chi connectivity index (χ4v) is 1.30. The molecule has 0 heterocycles. The largest absolute Gasteiger partial charge is 0.298 e. The molecule has 0 atom stereocenters. The van der Waals surface area contributed by atoms with Crippen molar-refractivity contribution < 1.29 is 14.5 Å². The molecule has 0 spiro atoms. The van der Waals surface area contributed by atoms with Crippen molar-refractivity contribution in [1.82, 2.24) is 0 Å². The number of benzene rings is 1. The van der Waals surface area contributed by atoms with Crippen LogP contribution in [0.5, 0.6) is 0 Å². The fraction of sp³-hybridized carbons (Fsp3) is 0.100. The Hall–Kier alpha value is -2.55. The summed E-state index contributed by atoms with van der Waals surface area (Å²) in [5.74, 6) is -0.422. The Morgan fingerprint density at radius 2 is 2.19 bits per heavy atom. The predicted molar refractivity (Wildman–Crippen MR) is 53.2 cm³/mol. The van der Waals surface area contributed by atoms with E-state index >= 15 is 0 Å². The van der Waals surface area contributed by atoms with Crippen LogP contribution in [-0.4, -0.2) is 17.0 Å². The standard InChI is InChI=1S/C10H6N2O4/c1-6(14)7-2-3-10(12(15)16)9(5-13)8(7)4-11/h2-3,5H,1H3. The van der Waals surface area contributed by atoms with E-state index in [9.17, 15) is 19.7 Å². The van der Waals surface area contributed by atoms with Crippen molar-refractivity contribution in [3.63, 3.8) is 0 Å². The van der Waals surface area contributed by atoms with E-state index in [2.05, 4.69) is 0 Å². The molecule has 0 fully saturated rings. The molecule has 0 saturated carbocycles. The van der Waals surface area contributed by atoms with Gasteiger partial charge in [-0.2, -0.15) is 5.26 Å². The van der Waals surface area contributed by atoms with Gasteiger partial charge in [0.05, 0.1) is 10.5 Å². The third-order valence-electron chi connectivity index (χ3n) is 2.03. The molecule has 80 valence electrons. The molecule has 0 aliphatic rings. The molecular formula is C10H6N2O4.